The first-order valence-corrected chi connectivity index (χ1v) is 3.28. The molecule has 1 aliphatic rings. The molecule has 0 fully saturated rings. The molecule has 3 heteroatoms. The summed E-state index contributed by atoms with van der Waals surface area (Å²) in [6, 6.07) is 0. The highest BCUT2D eigenvalue weighted by Gasteiger charge is 1.88. The number of nitrogens with zero attached hydrogens (tertiary/aromatic N) is 2. The van der Waals surface area contributed by atoms with Crippen molar-refractivity contribution in [2.24, 2.45) is 15.7 Å². The SMILES string of the molecule is C/C=N\C1=C=C(N)C=CC=N1. The van der Waals surface area contributed by atoms with Gasteiger partial charge in [-0.15, -0.1) is 0 Å². The highest BCUT2D eigenvalue weighted by molar-refractivity contribution is 5.74. The summed E-state index contributed by atoms with van der Waals surface area (Å²) in [4.78, 5) is 7.89. The van der Waals surface area contributed by atoms with Gasteiger partial charge in [-0.1, -0.05) is 0 Å². The zero-order valence-electron chi connectivity index (χ0n) is 6.28. The van der Waals surface area contributed by atoms with Crippen LogP contribution in [0.15, 0.2) is 39.4 Å². The molecule has 0 unspecified atom stereocenters. The van der Waals surface area contributed by atoms with Crippen molar-refractivity contribution in [1.29, 1.82) is 0 Å². The summed E-state index contributed by atoms with van der Waals surface area (Å²) in [6.07, 6.45) is 6.76. The number of nitrogens with two attached hydrogens (primary N) is 1. The summed E-state index contributed by atoms with van der Waals surface area (Å²) >= 11 is 0. The fourth-order valence-electron chi connectivity index (χ4n) is 0.651. The van der Waals surface area contributed by atoms with Gasteiger partial charge in [0.05, 0.1) is 5.70 Å². The average Bonchev–Trinajstić information content (AvgIpc) is 2.15. The maximum Gasteiger partial charge on any atom is 0.198 e. The molecule has 0 atom stereocenters. The maximum absolute atomic E-state index is 5.50. The van der Waals surface area contributed by atoms with Crippen LogP contribution < -0.4 is 5.73 Å². The molecule has 56 valence electrons. The lowest BCUT2D eigenvalue weighted by Crippen LogP contribution is -1.89. The second-order valence-electron chi connectivity index (χ2n) is 1.93. The Kier molecular flexibility index (Phi) is 2.42. The molecule has 3 nitrogen and oxygen atoms in total. The van der Waals surface area contributed by atoms with Crippen LogP contribution in [0, 0.1) is 0 Å². The molecule has 11 heavy (non-hydrogen) atoms. The van der Waals surface area contributed by atoms with E-state index in [-0.39, 0.29) is 0 Å². The molecule has 0 spiro atoms. The zero-order chi connectivity index (χ0) is 8.10. The molecular formula is C8H9N3. The van der Waals surface area contributed by atoms with Crippen LogP contribution in [-0.4, -0.2) is 12.4 Å². The van der Waals surface area contributed by atoms with Gasteiger partial charge in [0.2, 0.25) is 0 Å². The van der Waals surface area contributed by atoms with E-state index in [4.69, 9.17) is 5.73 Å². The third-order valence-corrected chi connectivity index (χ3v) is 1.07. The Morgan fingerprint density at radius 3 is 3.27 bits per heavy atom. The normalized spacial score (nSPS) is 16.5. The van der Waals surface area contributed by atoms with E-state index < -0.39 is 0 Å². The Morgan fingerprint density at radius 1 is 1.73 bits per heavy atom. The fourth-order valence-corrected chi connectivity index (χ4v) is 0.651. The standard InChI is InChI=1S/C8H9N3/c1-2-10-8-6-7(9)4-3-5-11-8/h2-5H,9H2,1H3/b10-2-. The van der Waals surface area contributed by atoms with Gasteiger partial charge < -0.3 is 5.73 Å². The molecule has 0 aromatic heterocycles. The van der Waals surface area contributed by atoms with Crippen LogP contribution in [-0.2, 0) is 0 Å². The predicted octanol–water partition coefficient (Wildman–Crippen LogP) is 1.00. The smallest absolute Gasteiger partial charge is 0.198 e. The first kappa shape index (κ1) is 7.51. The number of aliphatic imine (C=N–C) groups is 2. The number of hydrogen-bond donors (Lipinski definition) is 1. The summed E-state index contributed by atoms with van der Waals surface area (Å²) in [5.74, 6) is 0.509. The third kappa shape index (κ3) is 2.24. The van der Waals surface area contributed by atoms with Crippen molar-refractivity contribution in [2.75, 3.05) is 0 Å². The van der Waals surface area contributed by atoms with E-state index in [1.54, 1.807) is 24.6 Å². The third-order valence-electron chi connectivity index (χ3n) is 1.07. The van der Waals surface area contributed by atoms with Crippen LogP contribution >= 0.6 is 0 Å². The monoisotopic (exact) mass is 147 g/mol. The van der Waals surface area contributed by atoms with Crippen LogP contribution in [0.1, 0.15) is 6.92 Å². The van der Waals surface area contributed by atoms with Crippen LogP contribution in [0.4, 0.5) is 0 Å². The Morgan fingerprint density at radius 2 is 2.55 bits per heavy atom. The molecular weight excluding hydrogens is 138 g/mol. The molecule has 1 aliphatic heterocycles. The van der Waals surface area contributed by atoms with E-state index in [2.05, 4.69) is 15.7 Å². The molecule has 2 N–H and O–H groups in total. The first-order valence-electron chi connectivity index (χ1n) is 3.28. The molecule has 0 saturated carbocycles. The van der Waals surface area contributed by atoms with Crippen LogP contribution in [0.3, 0.4) is 0 Å². The second-order valence-corrected chi connectivity index (χ2v) is 1.93. The largest absolute Gasteiger partial charge is 0.392 e. The molecule has 1 rings (SSSR count). The van der Waals surface area contributed by atoms with E-state index in [0.29, 0.717) is 11.5 Å². The van der Waals surface area contributed by atoms with Crippen molar-refractivity contribution >= 4 is 12.4 Å². The predicted molar refractivity (Wildman–Crippen MR) is 46.5 cm³/mol. The van der Waals surface area contributed by atoms with E-state index in [0.717, 1.165) is 0 Å². The molecule has 0 amide bonds. The van der Waals surface area contributed by atoms with Gasteiger partial charge >= 0.3 is 0 Å². The van der Waals surface area contributed by atoms with Gasteiger partial charge in [-0.3, -0.25) is 0 Å². The highest BCUT2D eigenvalue weighted by Crippen LogP contribution is 1.99. The minimum atomic E-state index is 0.509. The molecule has 0 saturated heterocycles. The van der Waals surface area contributed by atoms with Gasteiger partial charge in [-0.05, 0) is 24.8 Å². The number of rotatable bonds is 1. The summed E-state index contributed by atoms with van der Waals surface area (Å²) in [6.45, 7) is 1.82. The Labute approximate surface area is 65.3 Å². The number of hydrogen-bond acceptors (Lipinski definition) is 3. The first-order chi connectivity index (χ1) is 5.33. The van der Waals surface area contributed by atoms with Crippen molar-refractivity contribution in [3.63, 3.8) is 0 Å². The van der Waals surface area contributed by atoms with Crippen molar-refractivity contribution in [2.45, 2.75) is 6.92 Å². The van der Waals surface area contributed by atoms with E-state index >= 15 is 0 Å². The fraction of sp³-hybridized carbons (Fsp3) is 0.125. The van der Waals surface area contributed by atoms with Crippen molar-refractivity contribution in [3.8, 4) is 0 Å². The molecule has 0 bridgehead atoms. The molecule has 0 radical (unpaired) electrons. The van der Waals surface area contributed by atoms with Crippen LogP contribution in [0.25, 0.3) is 0 Å². The van der Waals surface area contributed by atoms with E-state index in [9.17, 15) is 0 Å². The van der Waals surface area contributed by atoms with Gasteiger partial charge in [0.1, 0.15) is 0 Å². The zero-order valence-corrected chi connectivity index (χ0v) is 6.28. The Hall–Kier alpha value is -1.60. The minimum Gasteiger partial charge on any atom is -0.392 e. The second kappa shape index (κ2) is 3.54. The van der Waals surface area contributed by atoms with Crippen molar-refractivity contribution in [1.82, 2.24) is 0 Å². The van der Waals surface area contributed by atoms with Crippen LogP contribution in [0.5, 0.6) is 0 Å². The van der Waals surface area contributed by atoms with Crippen LogP contribution in [0.2, 0.25) is 0 Å². The summed E-state index contributed by atoms with van der Waals surface area (Å²) < 4.78 is 0. The Balaban J connectivity index is 3.03. The van der Waals surface area contributed by atoms with Gasteiger partial charge in [-0.25, -0.2) is 9.98 Å². The lowest BCUT2D eigenvalue weighted by molar-refractivity contribution is 1.25. The highest BCUT2D eigenvalue weighted by atomic mass is 14.9. The lowest BCUT2D eigenvalue weighted by atomic mass is 10.4. The average molecular weight is 147 g/mol. The van der Waals surface area contributed by atoms with Gasteiger partial charge in [0.15, 0.2) is 5.82 Å². The van der Waals surface area contributed by atoms with Crippen molar-refractivity contribution < 1.29 is 0 Å². The maximum atomic E-state index is 5.50. The van der Waals surface area contributed by atoms with Gasteiger partial charge in [0, 0.05) is 12.4 Å². The molecule has 0 aliphatic carbocycles. The van der Waals surface area contributed by atoms with Gasteiger partial charge in [0.25, 0.3) is 0 Å². The molecule has 1 heterocycles. The topological polar surface area (TPSA) is 50.7 Å². The molecule has 0 aromatic rings. The minimum absolute atomic E-state index is 0.509. The van der Waals surface area contributed by atoms with Crippen molar-refractivity contribution in [3.05, 3.63) is 29.4 Å². The lowest BCUT2D eigenvalue weighted by Gasteiger charge is -1.84. The summed E-state index contributed by atoms with van der Waals surface area (Å²) in [7, 11) is 0. The van der Waals surface area contributed by atoms with Gasteiger partial charge in [-0.2, -0.15) is 0 Å². The summed E-state index contributed by atoms with van der Waals surface area (Å²) in [5, 5.41) is 0. The quantitative estimate of drug-likeness (QED) is 0.436. The Bertz CT molecular complexity index is 288. The van der Waals surface area contributed by atoms with E-state index in [1.165, 1.54) is 0 Å². The number of allylic oxidation sites excluding steroid dienone is 2. The summed E-state index contributed by atoms with van der Waals surface area (Å²) in [5.41, 5.74) is 8.85. The van der Waals surface area contributed by atoms with E-state index in [1.807, 2.05) is 6.92 Å². The molecule has 0 aromatic carbocycles.